The molecule has 0 aliphatic carbocycles. The molecule has 0 saturated carbocycles. The zero-order valence-corrected chi connectivity index (χ0v) is 15.5. The third kappa shape index (κ3) is 9.55. The topological polar surface area (TPSA) is 45.6 Å². The molecule has 2 N–H and O–H groups in total. The Labute approximate surface area is 143 Å². The van der Waals surface area contributed by atoms with Gasteiger partial charge in [0.1, 0.15) is 0 Å². The Morgan fingerprint density at radius 2 is 2.10 bits per heavy atom. The van der Waals surface area contributed by atoms with E-state index in [0.29, 0.717) is 0 Å². The number of rotatable bonds is 9. The van der Waals surface area contributed by atoms with Gasteiger partial charge in [-0.05, 0) is 24.3 Å². The van der Waals surface area contributed by atoms with Gasteiger partial charge in [0.2, 0.25) is 0 Å². The highest BCUT2D eigenvalue weighted by Gasteiger charge is 1.98. The molecule has 0 fully saturated rings. The molecule has 0 amide bonds. The summed E-state index contributed by atoms with van der Waals surface area (Å²) in [5.74, 6) is 0.843. The Hall–Kier alpha value is -0.340. The van der Waals surface area contributed by atoms with Crippen LogP contribution in [0.5, 0.6) is 0 Å². The number of aliphatic imine (C=N–C) groups is 1. The monoisotopic (exact) mass is 411 g/mol. The van der Waals surface area contributed by atoms with Crippen molar-refractivity contribution in [3.8, 4) is 0 Å². The second kappa shape index (κ2) is 13.6. The molecule has 0 unspecified atom stereocenters. The Morgan fingerprint density at radius 1 is 1.30 bits per heavy atom. The zero-order valence-electron chi connectivity index (χ0n) is 12.4. The van der Waals surface area contributed by atoms with E-state index in [4.69, 9.17) is 4.74 Å². The molecule has 0 spiro atoms. The van der Waals surface area contributed by atoms with Gasteiger partial charge in [0, 0.05) is 31.6 Å². The number of nitrogens with zero attached hydrogens (tertiary/aromatic N) is 1. The highest BCUT2D eigenvalue weighted by atomic mass is 127. The predicted octanol–water partition coefficient (Wildman–Crippen LogP) is 2.89. The SMILES string of the molecule is CCCCOCCNC(=NC)NCCc1cccs1.I. The molecular formula is C14H26IN3OS. The molecule has 1 aromatic rings. The van der Waals surface area contributed by atoms with Crippen LogP contribution in [0.3, 0.4) is 0 Å². The average molecular weight is 411 g/mol. The van der Waals surface area contributed by atoms with Crippen molar-refractivity contribution in [1.82, 2.24) is 10.6 Å². The summed E-state index contributed by atoms with van der Waals surface area (Å²) in [5.41, 5.74) is 0. The summed E-state index contributed by atoms with van der Waals surface area (Å²) in [6.07, 6.45) is 3.35. The molecule has 0 aliphatic rings. The largest absolute Gasteiger partial charge is 0.380 e. The van der Waals surface area contributed by atoms with E-state index in [1.54, 1.807) is 18.4 Å². The standard InChI is InChI=1S/C14H25N3OS.HI/c1-3-4-10-18-11-9-17-14(15-2)16-8-7-13-6-5-12-19-13;/h5-6,12H,3-4,7-11H2,1-2H3,(H2,15,16,17);1H. The summed E-state index contributed by atoms with van der Waals surface area (Å²) in [7, 11) is 1.79. The molecule has 1 aromatic heterocycles. The minimum absolute atomic E-state index is 0. The van der Waals surface area contributed by atoms with Gasteiger partial charge in [0.25, 0.3) is 0 Å². The number of guanidine groups is 1. The van der Waals surface area contributed by atoms with Crippen LogP contribution in [0.15, 0.2) is 22.5 Å². The van der Waals surface area contributed by atoms with Crippen LogP contribution in [-0.4, -0.2) is 39.3 Å². The lowest BCUT2D eigenvalue weighted by Gasteiger charge is -2.11. The third-order valence-corrected chi connectivity index (χ3v) is 3.58. The van der Waals surface area contributed by atoms with Gasteiger partial charge >= 0.3 is 0 Å². The maximum absolute atomic E-state index is 5.49. The second-order valence-corrected chi connectivity index (χ2v) is 5.25. The van der Waals surface area contributed by atoms with Gasteiger partial charge < -0.3 is 15.4 Å². The van der Waals surface area contributed by atoms with Crippen molar-refractivity contribution in [2.45, 2.75) is 26.2 Å². The number of unbranched alkanes of at least 4 members (excludes halogenated alkanes) is 1. The van der Waals surface area contributed by atoms with E-state index >= 15 is 0 Å². The summed E-state index contributed by atoms with van der Waals surface area (Å²) in [5, 5.41) is 8.65. The van der Waals surface area contributed by atoms with Crippen LogP contribution in [0.1, 0.15) is 24.6 Å². The van der Waals surface area contributed by atoms with E-state index < -0.39 is 0 Å². The molecule has 1 heterocycles. The molecule has 116 valence electrons. The summed E-state index contributed by atoms with van der Waals surface area (Å²) in [6.45, 7) is 5.44. The van der Waals surface area contributed by atoms with Crippen LogP contribution in [-0.2, 0) is 11.2 Å². The average Bonchev–Trinajstić information content (AvgIpc) is 2.93. The maximum Gasteiger partial charge on any atom is 0.191 e. The first-order chi connectivity index (χ1) is 9.36. The third-order valence-electron chi connectivity index (χ3n) is 2.65. The van der Waals surface area contributed by atoms with Crippen LogP contribution < -0.4 is 10.6 Å². The molecule has 1 rings (SSSR count). The molecule has 6 heteroatoms. The highest BCUT2D eigenvalue weighted by molar-refractivity contribution is 14.0. The quantitative estimate of drug-likeness (QED) is 0.284. The first-order valence-electron chi connectivity index (χ1n) is 6.91. The number of thiophene rings is 1. The Kier molecular flexibility index (Phi) is 13.4. The number of hydrogen-bond acceptors (Lipinski definition) is 3. The fraction of sp³-hybridized carbons (Fsp3) is 0.643. The Morgan fingerprint density at radius 3 is 2.75 bits per heavy atom. The van der Waals surface area contributed by atoms with Gasteiger partial charge in [-0.25, -0.2) is 0 Å². The normalized spacial score (nSPS) is 11.0. The summed E-state index contributed by atoms with van der Waals surface area (Å²) in [6, 6.07) is 4.24. The molecule has 0 saturated heterocycles. The molecular weight excluding hydrogens is 385 g/mol. The van der Waals surface area contributed by atoms with E-state index in [-0.39, 0.29) is 24.0 Å². The van der Waals surface area contributed by atoms with Gasteiger partial charge in [-0.2, -0.15) is 0 Å². The lowest BCUT2D eigenvalue weighted by atomic mass is 10.3. The van der Waals surface area contributed by atoms with E-state index in [1.807, 2.05) is 0 Å². The first-order valence-corrected chi connectivity index (χ1v) is 7.79. The number of nitrogens with one attached hydrogen (secondary N) is 2. The van der Waals surface area contributed by atoms with E-state index in [2.05, 4.69) is 40.1 Å². The summed E-state index contributed by atoms with van der Waals surface area (Å²) >= 11 is 1.79. The first kappa shape index (κ1) is 19.7. The smallest absolute Gasteiger partial charge is 0.191 e. The molecule has 20 heavy (non-hydrogen) atoms. The summed E-state index contributed by atoms with van der Waals surface area (Å²) in [4.78, 5) is 5.58. The molecule has 0 atom stereocenters. The minimum atomic E-state index is 0. The van der Waals surface area contributed by atoms with Crippen molar-refractivity contribution < 1.29 is 4.74 Å². The molecule has 0 aliphatic heterocycles. The predicted molar refractivity (Wildman–Crippen MR) is 98.5 cm³/mol. The van der Waals surface area contributed by atoms with Crippen LogP contribution in [0.4, 0.5) is 0 Å². The van der Waals surface area contributed by atoms with Crippen molar-refractivity contribution in [3.05, 3.63) is 22.4 Å². The maximum atomic E-state index is 5.49. The fourth-order valence-electron chi connectivity index (χ4n) is 1.57. The van der Waals surface area contributed by atoms with Gasteiger partial charge in [0.05, 0.1) is 6.61 Å². The Balaban J connectivity index is 0.00000361. The zero-order chi connectivity index (χ0) is 13.8. The van der Waals surface area contributed by atoms with Gasteiger partial charge in [-0.1, -0.05) is 19.4 Å². The lowest BCUT2D eigenvalue weighted by molar-refractivity contribution is 0.136. The number of ether oxygens (including phenoxy) is 1. The van der Waals surface area contributed by atoms with Gasteiger partial charge in [-0.3, -0.25) is 4.99 Å². The van der Waals surface area contributed by atoms with E-state index in [1.165, 1.54) is 11.3 Å². The molecule has 4 nitrogen and oxygen atoms in total. The Bertz CT molecular complexity index is 344. The number of halogens is 1. The van der Waals surface area contributed by atoms with Crippen molar-refractivity contribution in [3.63, 3.8) is 0 Å². The fourth-order valence-corrected chi connectivity index (χ4v) is 2.28. The lowest BCUT2D eigenvalue weighted by Crippen LogP contribution is -2.39. The van der Waals surface area contributed by atoms with E-state index in [9.17, 15) is 0 Å². The van der Waals surface area contributed by atoms with Crippen molar-refractivity contribution in [1.29, 1.82) is 0 Å². The van der Waals surface area contributed by atoms with Crippen molar-refractivity contribution in [2.75, 3.05) is 33.4 Å². The van der Waals surface area contributed by atoms with Crippen molar-refractivity contribution in [2.24, 2.45) is 4.99 Å². The number of hydrogen-bond donors (Lipinski definition) is 2. The van der Waals surface area contributed by atoms with Crippen LogP contribution >= 0.6 is 35.3 Å². The minimum Gasteiger partial charge on any atom is -0.380 e. The van der Waals surface area contributed by atoms with Gasteiger partial charge in [0.15, 0.2) is 5.96 Å². The van der Waals surface area contributed by atoms with Crippen LogP contribution in [0.2, 0.25) is 0 Å². The van der Waals surface area contributed by atoms with Crippen LogP contribution in [0.25, 0.3) is 0 Å². The van der Waals surface area contributed by atoms with E-state index in [0.717, 1.165) is 45.1 Å². The summed E-state index contributed by atoms with van der Waals surface area (Å²) < 4.78 is 5.49. The highest BCUT2D eigenvalue weighted by Crippen LogP contribution is 2.07. The van der Waals surface area contributed by atoms with Crippen molar-refractivity contribution >= 4 is 41.3 Å². The molecule has 0 aromatic carbocycles. The second-order valence-electron chi connectivity index (χ2n) is 4.22. The molecule has 0 bridgehead atoms. The molecule has 0 radical (unpaired) electrons. The van der Waals surface area contributed by atoms with Crippen LogP contribution in [0, 0.1) is 0 Å². The van der Waals surface area contributed by atoms with Gasteiger partial charge in [-0.15, -0.1) is 35.3 Å².